The summed E-state index contributed by atoms with van der Waals surface area (Å²) < 4.78 is 0. The second kappa shape index (κ2) is 8.41. The van der Waals surface area contributed by atoms with Gasteiger partial charge in [0.05, 0.1) is 17.1 Å². The number of carbonyl (C=O) groups is 1. The van der Waals surface area contributed by atoms with Gasteiger partial charge in [-0.15, -0.1) is 0 Å². The van der Waals surface area contributed by atoms with Crippen molar-refractivity contribution in [2.75, 3.05) is 11.9 Å². The van der Waals surface area contributed by atoms with Crippen LogP contribution in [0, 0.1) is 0 Å². The Morgan fingerprint density at radius 2 is 2.21 bits per heavy atom. The van der Waals surface area contributed by atoms with Gasteiger partial charge in [0.25, 0.3) is 0 Å². The zero-order valence-corrected chi connectivity index (χ0v) is 17.5. The fraction of sp³-hybridized carbons (Fsp3) is 0.409. The van der Waals surface area contributed by atoms with Crippen LogP contribution in [-0.2, 0) is 11.2 Å². The topological polar surface area (TPSA) is 73.9 Å². The van der Waals surface area contributed by atoms with Crippen molar-refractivity contribution in [1.29, 1.82) is 0 Å². The van der Waals surface area contributed by atoms with Crippen LogP contribution < -0.4 is 5.32 Å². The number of carbonyl (C=O) groups excluding carboxylic acids is 1. The zero-order valence-electron chi connectivity index (χ0n) is 16.8. The number of hydrogen-bond donors (Lipinski definition) is 2. The maximum Gasteiger partial charge on any atom is 0.223 e. The summed E-state index contributed by atoms with van der Waals surface area (Å²) in [6, 6.07) is 12.1. The fourth-order valence-corrected chi connectivity index (χ4v) is 4.16. The number of anilines is 1. The zero-order chi connectivity index (χ0) is 20.4. The van der Waals surface area contributed by atoms with Crippen LogP contribution in [0.15, 0.2) is 36.4 Å². The SMILES string of the molecule is CC(C)Nc1n[nH]c2nc([C@H]3CCCN3C(=O)CCc3cccc(Cl)c3)ccc12. The summed E-state index contributed by atoms with van der Waals surface area (Å²) in [5.74, 6) is 0.982. The number of halogens is 1. The first-order valence-electron chi connectivity index (χ1n) is 10.2. The summed E-state index contributed by atoms with van der Waals surface area (Å²) in [6.07, 6.45) is 3.11. The van der Waals surface area contributed by atoms with Crippen LogP contribution in [0.2, 0.25) is 5.02 Å². The van der Waals surface area contributed by atoms with E-state index in [9.17, 15) is 4.79 Å². The number of aromatic nitrogens is 3. The van der Waals surface area contributed by atoms with Gasteiger partial charge in [-0.05, 0) is 62.9 Å². The Balaban J connectivity index is 1.48. The molecule has 2 aromatic heterocycles. The van der Waals surface area contributed by atoms with Crippen LogP contribution in [0.5, 0.6) is 0 Å². The molecule has 1 aliphatic heterocycles. The monoisotopic (exact) mass is 411 g/mol. The van der Waals surface area contributed by atoms with Crippen molar-refractivity contribution in [1.82, 2.24) is 20.1 Å². The number of rotatable bonds is 6. The van der Waals surface area contributed by atoms with E-state index in [1.807, 2.05) is 41.3 Å². The molecule has 3 heterocycles. The average Bonchev–Trinajstić information content (AvgIpc) is 3.33. The standard InChI is InChI=1S/C22H26ClN5O/c1-14(2)24-21-17-9-10-18(25-22(17)27-26-21)19-7-4-12-28(19)20(29)11-8-15-5-3-6-16(23)13-15/h3,5-6,9-10,13-14,19H,4,7-8,11-12H2,1-2H3,(H2,24,25,26,27)/t19-/m1/s1. The molecule has 1 fully saturated rings. The van der Waals surface area contributed by atoms with Gasteiger partial charge in [-0.25, -0.2) is 4.98 Å². The Hall–Kier alpha value is -2.60. The van der Waals surface area contributed by atoms with Gasteiger partial charge in [-0.2, -0.15) is 5.10 Å². The van der Waals surface area contributed by atoms with Gasteiger partial charge in [0.1, 0.15) is 0 Å². The number of nitrogens with one attached hydrogen (secondary N) is 2. The lowest BCUT2D eigenvalue weighted by molar-refractivity contribution is -0.132. The molecule has 1 aliphatic rings. The Morgan fingerprint density at radius 1 is 1.34 bits per heavy atom. The van der Waals surface area contributed by atoms with Gasteiger partial charge >= 0.3 is 0 Å². The van der Waals surface area contributed by atoms with Crippen molar-refractivity contribution < 1.29 is 4.79 Å². The molecule has 0 unspecified atom stereocenters. The number of amides is 1. The molecule has 0 aliphatic carbocycles. The second-order valence-corrected chi connectivity index (χ2v) is 8.32. The van der Waals surface area contributed by atoms with Crippen molar-refractivity contribution in [3.63, 3.8) is 0 Å². The molecule has 4 rings (SSSR count). The van der Waals surface area contributed by atoms with E-state index in [0.29, 0.717) is 23.9 Å². The third-order valence-corrected chi connectivity index (χ3v) is 5.54. The summed E-state index contributed by atoms with van der Waals surface area (Å²) in [7, 11) is 0. The molecule has 29 heavy (non-hydrogen) atoms. The number of nitrogens with zero attached hydrogens (tertiary/aromatic N) is 3. The molecule has 3 aromatic rings. The van der Waals surface area contributed by atoms with Crippen LogP contribution >= 0.6 is 11.6 Å². The molecular weight excluding hydrogens is 386 g/mol. The molecule has 1 atom stereocenters. The van der Waals surface area contributed by atoms with Gasteiger partial charge in [0, 0.05) is 24.0 Å². The Labute approximate surface area is 175 Å². The molecule has 1 amide bonds. The van der Waals surface area contributed by atoms with Crippen molar-refractivity contribution in [3.05, 3.63) is 52.7 Å². The molecule has 7 heteroatoms. The highest BCUT2D eigenvalue weighted by atomic mass is 35.5. The maximum absolute atomic E-state index is 12.9. The number of aryl methyl sites for hydroxylation is 1. The Morgan fingerprint density at radius 3 is 3.00 bits per heavy atom. The molecule has 6 nitrogen and oxygen atoms in total. The molecule has 152 valence electrons. The first kappa shape index (κ1) is 19.7. The number of fused-ring (bicyclic) bond motifs is 1. The van der Waals surface area contributed by atoms with Crippen LogP contribution in [0.1, 0.15) is 50.4 Å². The average molecular weight is 412 g/mol. The molecule has 0 saturated carbocycles. The summed E-state index contributed by atoms with van der Waals surface area (Å²) in [6.45, 7) is 4.93. The van der Waals surface area contributed by atoms with E-state index >= 15 is 0 Å². The molecule has 0 radical (unpaired) electrons. The molecule has 1 saturated heterocycles. The number of benzene rings is 1. The van der Waals surface area contributed by atoms with Crippen LogP contribution in [-0.4, -0.2) is 38.6 Å². The first-order valence-corrected chi connectivity index (χ1v) is 10.5. The lowest BCUT2D eigenvalue weighted by atomic mass is 10.1. The largest absolute Gasteiger partial charge is 0.366 e. The summed E-state index contributed by atoms with van der Waals surface area (Å²) in [4.78, 5) is 19.7. The van der Waals surface area contributed by atoms with Crippen molar-refractivity contribution in [3.8, 4) is 0 Å². The highest BCUT2D eigenvalue weighted by Crippen LogP contribution is 2.33. The number of H-pyrrole nitrogens is 1. The minimum Gasteiger partial charge on any atom is -0.366 e. The Kier molecular flexibility index (Phi) is 5.72. The van der Waals surface area contributed by atoms with Crippen molar-refractivity contribution in [2.45, 2.75) is 51.6 Å². The van der Waals surface area contributed by atoms with Crippen molar-refractivity contribution >= 4 is 34.4 Å². The smallest absolute Gasteiger partial charge is 0.223 e. The highest BCUT2D eigenvalue weighted by molar-refractivity contribution is 6.30. The van der Waals surface area contributed by atoms with E-state index in [0.717, 1.165) is 47.5 Å². The fourth-order valence-electron chi connectivity index (χ4n) is 3.95. The lowest BCUT2D eigenvalue weighted by Crippen LogP contribution is -2.31. The molecular formula is C22H26ClN5O. The third-order valence-electron chi connectivity index (χ3n) is 5.30. The van der Waals surface area contributed by atoms with E-state index in [2.05, 4.69) is 29.4 Å². The predicted octanol–water partition coefficient (Wildman–Crippen LogP) is 4.73. The van der Waals surface area contributed by atoms with Crippen LogP contribution in [0.25, 0.3) is 11.0 Å². The quantitative estimate of drug-likeness (QED) is 0.615. The van der Waals surface area contributed by atoms with Gasteiger partial charge in [0.15, 0.2) is 11.5 Å². The summed E-state index contributed by atoms with van der Waals surface area (Å²) in [5.41, 5.74) is 2.76. The summed E-state index contributed by atoms with van der Waals surface area (Å²) >= 11 is 6.05. The van der Waals surface area contributed by atoms with Gasteiger partial charge in [0.2, 0.25) is 5.91 Å². The van der Waals surface area contributed by atoms with Gasteiger partial charge in [-0.1, -0.05) is 23.7 Å². The number of pyridine rings is 1. The van der Waals surface area contributed by atoms with Gasteiger partial charge < -0.3 is 10.2 Å². The molecule has 0 bridgehead atoms. The van der Waals surface area contributed by atoms with Crippen molar-refractivity contribution in [2.24, 2.45) is 0 Å². The van der Waals surface area contributed by atoms with E-state index < -0.39 is 0 Å². The van der Waals surface area contributed by atoms with Crippen LogP contribution in [0.3, 0.4) is 0 Å². The highest BCUT2D eigenvalue weighted by Gasteiger charge is 2.31. The molecule has 0 spiro atoms. The summed E-state index contributed by atoms with van der Waals surface area (Å²) in [5, 5.41) is 12.4. The third kappa shape index (κ3) is 4.37. The first-order chi connectivity index (χ1) is 14.0. The van der Waals surface area contributed by atoms with E-state index in [1.165, 1.54) is 0 Å². The number of hydrogen-bond acceptors (Lipinski definition) is 4. The maximum atomic E-state index is 12.9. The molecule has 1 aromatic carbocycles. The Bertz CT molecular complexity index is 1020. The van der Waals surface area contributed by atoms with E-state index in [4.69, 9.17) is 16.6 Å². The minimum atomic E-state index is 0.0241. The normalized spacial score (nSPS) is 16.7. The van der Waals surface area contributed by atoms with E-state index in [-0.39, 0.29) is 11.9 Å². The van der Waals surface area contributed by atoms with Gasteiger partial charge in [-0.3, -0.25) is 9.89 Å². The minimum absolute atomic E-state index is 0.0241. The van der Waals surface area contributed by atoms with E-state index in [1.54, 1.807) is 0 Å². The van der Waals surface area contributed by atoms with Crippen LogP contribution in [0.4, 0.5) is 5.82 Å². The second-order valence-electron chi connectivity index (χ2n) is 7.88. The molecule has 2 N–H and O–H groups in total. The number of likely N-dealkylation sites (tertiary alicyclic amines) is 1. The number of aromatic amines is 1. The lowest BCUT2D eigenvalue weighted by Gasteiger charge is -2.24. The predicted molar refractivity (Wildman–Crippen MR) is 116 cm³/mol.